The Labute approximate surface area is 154 Å². The molecular formula is C20H16BrNO3. The van der Waals surface area contributed by atoms with E-state index in [0.717, 1.165) is 10.0 Å². The van der Waals surface area contributed by atoms with Gasteiger partial charge in [-0.1, -0.05) is 64.5 Å². The van der Waals surface area contributed by atoms with Crippen molar-refractivity contribution in [1.82, 2.24) is 4.90 Å². The molecule has 0 unspecified atom stereocenters. The van der Waals surface area contributed by atoms with E-state index in [1.54, 1.807) is 30.3 Å². The number of hydrogen-bond donors (Lipinski definition) is 1. The molecule has 1 atom stereocenters. The molecule has 5 heteroatoms. The highest BCUT2D eigenvalue weighted by molar-refractivity contribution is 9.10. The van der Waals surface area contributed by atoms with Crippen LogP contribution >= 0.6 is 15.9 Å². The molecule has 1 aliphatic rings. The second kappa shape index (κ2) is 7.07. The quantitative estimate of drug-likeness (QED) is 0.366. The molecule has 4 nitrogen and oxygen atoms in total. The highest BCUT2D eigenvalue weighted by atomic mass is 79.9. The van der Waals surface area contributed by atoms with Crippen molar-refractivity contribution in [2.75, 3.05) is 6.54 Å². The highest BCUT2D eigenvalue weighted by Gasteiger charge is 2.45. The lowest BCUT2D eigenvalue weighted by Crippen LogP contribution is -2.29. The first kappa shape index (κ1) is 17.2. The smallest absolute Gasteiger partial charge is 0.295 e. The van der Waals surface area contributed by atoms with Gasteiger partial charge in [0.15, 0.2) is 0 Å². The fourth-order valence-electron chi connectivity index (χ4n) is 2.95. The molecule has 0 spiro atoms. The van der Waals surface area contributed by atoms with Gasteiger partial charge in [-0.3, -0.25) is 9.59 Å². The van der Waals surface area contributed by atoms with Gasteiger partial charge < -0.3 is 10.0 Å². The zero-order valence-electron chi connectivity index (χ0n) is 13.4. The molecule has 1 saturated heterocycles. The average molecular weight is 398 g/mol. The van der Waals surface area contributed by atoms with Crippen molar-refractivity contribution in [3.05, 3.63) is 88.4 Å². The van der Waals surface area contributed by atoms with Gasteiger partial charge in [0.25, 0.3) is 11.7 Å². The van der Waals surface area contributed by atoms with Crippen LogP contribution in [0.1, 0.15) is 17.2 Å². The second-order valence-electron chi connectivity index (χ2n) is 5.66. The molecule has 0 radical (unpaired) electrons. The van der Waals surface area contributed by atoms with Gasteiger partial charge in [0.1, 0.15) is 5.76 Å². The average Bonchev–Trinajstić information content (AvgIpc) is 2.88. The molecule has 1 N–H and O–H groups in total. The van der Waals surface area contributed by atoms with Crippen LogP contribution in [0.3, 0.4) is 0 Å². The highest BCUT2D eigenvalue weighted by Crippen LogP contribution is 2.39. The summed E-state index contributed by atoms with van der Waals surface area (Å²) in [4.78, 5) is 26.5. The normalized spacial score (nSPS) is 19.2. The number of benzene rings is 2. The number of nitrogens with zero attached hydrogens (tertiary/aromatic N) is 1. The lowest BCUT2D eigenvalue weighted by Gasteiger charge is -2.24. The molecule has 1 fully saturated rings. The number of carbonyl (C=O) groups is 2. The maximum atomic E-state index is 12.6. The Morgan fingerprint density at radius 1 is 1.12 bits per heavy atom. The summed E-state index contributed by atoms with van der Waals surface area (Å²) >= 11 is 3.34. The molecule has 1 aliphatic heterocycles. The standard InChI is InChI=1S/C20H16BrNO3/c1-2-12-22-17(13-6-4-3-5-7-13)16(19(24)20(22)25)18(23)14-8-10-15(21)11-9-14/h2-11,17,23H,1,12H2/t17-/m1/s1. The van der Waals surface area contributed by atoms with Gasteiger partial charge in [-0.2, -0.15) is 0 Å². The number of halogens is 1. The van der Waals surface area contributed by atoms with Gasteiger partial charge in [0.2, 0.25) is 0 Å². The minimum Gasteiger partial charge on any atom is -0.507 e. The molecule has 126 valence electrons. The summed E-state index contributed by atoms with van der Waals surface area (Å²) in [6.45, 7) is 3.88. The number of rotatable bonds is 4. The van der Waals surface area contributed by atoms with Crippen molar-refractivity contribution in [3.8, 4) is 0 Å². The van der Waals surface area contributed by atoms with Gasteiger partial charge in [-0.05, 0) is 17.7 Å². The zero-order chi connectivity index (χ0) is 18.0. The Bertz CT molecular complexity index is 856. The molecule has 0 bridgehead atoms. The van der Waals surface area contributed by atoms with Gasteiger partial charge in [0, 0.05) is 16.6 Å². The number of Topliss-reactive ketones (excluding diaryl/α,β-unsaturated/α-hetero) is 1. The third-order valence-corrected chi connectivity index (χ3v) is 4.63. The fraction of sp³-hybridized carbons (Fsp3) is 0.100. The Morgan fingerprint density at radius 3 is 2.36 bits per heavy atom. The molecule has 1 heterocycles. The molecule has 25 heavy (non-hydrogen) atoms. The minimum atomic E-state index is -0.684. The first-order valence-corrected chi connectivity index (χ1v) is 8.54. The van der Waals surface area contributed by atoms with Crippen LogP contribution < -0.4 is 0 Å². The van der Waals surface area contributed by atoms with E-state index in [1.165, 1.54) is 4.90 Å². The summed E-state index contributed by atoms with van der Waals surface area (Å²) in [5, 5.41) is 10.8. The molecule has 0 aromatic heterocycles. The number of likely N-dealkylation sites (tertiary alicyclic amines) is 1. The van der Waals surface area contributed by atoms with Crippen LogP contribution in [0.5, 0.6) is 0 Å². The molecular weight excluding hydrogens is 382 g/mol. The summed E-state index contributed by atoms with van der Waals surface area (Å²) in [5.74, 6) is -1.49. The molecule has 0 aliphatic carbocycles. The van der Waals surface area contributed by atoms with E-state index in [1.807, 2.05) is 30.3 Å². The van der Waals surface area contributed by atoms with Crippen LogP contribution in [-0.2, 0) is 9.59 Å². The number of aliphatic hydroxyl groups is 1. The SMILES string of the molecule is C=CCN1C(=O)C(=O)C(=C(O)c2ccc(Br)cc2)[C@H]1c1ccccc1. The lowest BCUT2D eigenvalue weighted by atomic mass is 9.95. The van der Waals surface area contributed by atoms with Gasteiger partial charge in [-0.15, -0.1) is 6.58 Å². The Kier molecular flexibility index (Phi) is 4.86. The third kappa shape index (κ3) is 3.15. The van der Waals surface area contributed by atoms with Gasteiger partial charge in [0.05, 0.1) is 11.6 Å². The maximum absolute atomic E-state index is 12.6. The molecule has 1 amide bonds. The number of hydrogen-bond acceptors (Lipinski definition) is 3. The monoisotopic (exact) mass is 397 g/mol. The van der Waals surface area contributed by atoms with Crippen molar-refractivity contribution in [2.45, 2.75) is 6.04 Å². The van der Waals surface area contributed by atoms with Gasteiger partial charge in [-0.25, -0.2) is 0 Å². The largest absolute Gasteiger partial charge is 0.507 e. The van der Waals surface area contributed by atoms with Crippen molar-refractivity contribution in [1.29, 1.82) is 0 Å². The first-order chi connectivity index (χ1) is 12.0. The second-order valence-corrected chi connectivity index (χ2v) is 6.57. The summed E-state index contributed by atoms with van der Waals surface area (Å²) < 4.78 is 0.857. The molecule has 2 aromatic rings. The summed E-state index contributed by atoms with van der Waals surface area (Å²) in [5.41, 5.74) is 1.35. The number of aliphatic hydroxyl groups excluding tert-OH is 1. The van der Waals surface area contributed by atoms with Crippen LogP contribution in [-0.4, -0.2) is 28.2 Å². The first-order valence-electron chi connectivity index (χ1n) is 7.74. The summed E-state index contributed by atoms with van der Waals surface area (Å²) in [6, 6.07) is 15.5. The van der Waals surface area contributed by atoms with Crippen molar-refractivity contribution in [2.24, 2.45) is 0 Å². The Balaban J connectivity index is 2.19. The van der Waals surface area contributed by atoms with E-state index in [9.17, 15) is 14.7 Å². The molecule has 0 saturated carbocycles. The van der Waals surface area contributed by atoms with Crippen molar-refractivity contribution in [3.63, 3.8) is 0 Å². The van der Waals surface area contributed by atoms with Crippen LogP contribution in [0.4, 0.5) is 0 Å². The van der Waals surface area contributed by atoms with Crippen LogP contribution in [0.15, 0.2) is 77.3 Å². The van der Waals surface area contributed by atoms with Gasteiger partial charge >= 0.3 is 0 Å². The molecule has 3 rings (SSSR count). The van der Waals surface area contributed by atoms with Crippen LogP contribution in [0.25, 0.3) is 5.76 Å². The topological polar surface area (TPSA) is 57.6 Å². The predicted octanol–water partition coefficient (Wildman–Crippen LogP) is 4.06. The van der Waals surface area contributed by atoms with Crippen LogP contribution in [0.2, 0.25) is 0 Å². The predicted molar refractivity (Wildman–Crippen MR) is 99.8 cm³/mol. The minimum absolute atomic E-state index is 0.0976. The van der Waals surface area contributed by atoms with E-state index in [0.29, 0.717) is 5.56 Å². The maximum Gasteiger partial charge on any atom is 0.295 e. The van der Waals surface area contributed by atoms with E-state index in [-0.39, 0.29) is 17.9 Å². The van der Waals surface area contributed by atoms with E-state index in [2.05, 4.69) is 22.5 Å². The number of ketones is 1. The molecule has 2 aromatic carbocycles. The lowest BCUT2D eigenvalue weighted by molar-refractivity contribution is -0.139. The van der Waals surface area contributed by atoms with E-state index < -0.39 is 17.7 Å². The third-order valence-electron chi connectivity index (χ3n) is 4.10. The summed E-state index contributed by atoms with van der Waals surface area (Å²) in [6.07, 6.45) is 1.57. The Morgan fingerprint density at radius 2 is 1.76 bits per heavy atom. The number of amides is 1. The Hall–Kier alpha value is -2.66. The summed E-state index contributed by atoms with van der Waals surface area (Å²) in [7, 11) is 0. The zero-order valence-corrected chi connectivity index (χ0v) is 14.9. The number of carbonyl (C=O) groups excluding carboxylic acids is 2. The van der Waals surface area contributed by atoms with Crippen molar-refractivity contribution >= 4 is 33.4 Å². The van der Waals surface area contributed by atoms with E-state index in [4.69, 9.17) is 0 Å². The van der Waals surface area contributed by atoms with Crippen molar-refractivity contribution < 1.29 is 14.7 Å². The van der Waals surface area contributed by atoms with Crippen LogP contribution in [0, 0.1) is 0 Å². The van der Waals surface area contributed by atoms with E-state index >= 15 is 0 Å². The fourth-order valence-corrected chi connectivity index (χ4v) is 3.22.